The van der Waals surface area contributed by atoms with Crippen molar-refractivity contribution >= 4 is 40.6 Å². The van der Waals surface area contributed by atoms with E-state index in [1.54, 1.807) is 0 Å². The summed E-state index contributed by atoms with van der Waals surface area (Å²) in [5, 5.41) is 83.9. The predicted octanol–water partition coefficient (Wildman–Crippen LogP) is -3.66. The van der Waals surface area contributed by atoms with E-state index in [4.69, 9.17) is 20.3 Å². The number of nitrogens with zero attached hydrogens (tertiary/aromatic N) is 3. The van der Waals surface area contributed by atoms with Crippen LogP contribution in [0.1, 0.15) is 28.9 Å². The van der Waals surface area contributed by atoms with Crippen LogP contribution >= 0.6 is 0 Å². The number of carboxylic acids is 1. The van der Waals surface area contributed by atoms with Crippen molar-refractivity contribution in [1.29, 1.82) is 0 Å². The van der Waals surface area contributed by atoms with Crippen molar-refractivity contribution in [2.75, 3.05) is 17.7 Å². The molecule has 0 bridgehead atoms. The van der Waals surface area contributed by atoms with Gasteiger partial charge in [-0.2, -0.15) is 4.98 Å². The molecule has 1 aromatic carbocycles. The highest BCUT2D eigenvalue weighted by molar-refractivity contribution is 5.97. The number of esters is 1. The third-order valence-electron chi connectivity index (χ3n) is 7.21. The van der Waals surface area contributed by atoms with Crippen LogP contribution in [-0.4, -0.2) is 128 Å². The minimum Gasteiger partial charge on any atom is -0.504 e. The first kappa shape index (κ1) is 36.4. The molecule has 0 saturated carbocycles. The summed E-state index contributed by atoms with van der Waals surface area (Å²) in [4.78, 5) is 63.6. The lowest BCUT2D eigenvalue weighted by Crippen LogP contribution is -2.56. The fraction of sp³-hybridized carbons (Fsp3) is 0.393. The minimum absolute atomic E-state index is 0.000924. The van der Waals surface area contributed by atoms with E-state index in [9.17, 15) is 54.9 Å². The molecular formula is C28H33N7O14. The van der Waals surface area contributed by atoms with Crippen LogP contribution in [0.3, 0.4) is 0 Å². The summed E-state index contributed by atoms with van der Waals surface area (Å²) in [7, 11) is 0. The van der Waals surface area contributed by atoms with Gasteiger partial charge in [0.1, 0.15) is 36.6 Å². The largest absolute Gasteiger partial charge is 0.504 e. The summed E-state index contributed by atoms with van der Waals surface area (Å²) in [6.07, 6.45) is -12.1. The lowest BCUT2D eigenvalue weighted by atomic mass is 9.94. The van der Waals surface area contributed by atoms with Crippen molar-refractivity contribution in [3.8, 4) is 0 Å². The molecule has 0 spiro atoms. The number of benzene rings is 1. The predicted molar refractivity (Wildman–Crippen MR) is 162 cm³/mol. The number of nitrogen functional groups attached to an aromatic ring is 1. The molecule has 3 aromatic rings. The molecule has 4 rings (SSSR count). The first-order valence-electron chi connectivity index (χ1n) is 14.4. The van der Waals surface area contributed by atoms with Gasteiger partial charge in [0.05, 0.1) is 25.0 Å². The zero-order chi connectivity index (χ0) is 36.0. The van der Waals surface area contributed by atoms with E-state index in [0.717, 1.165) is 0 Å². The van der Waals surface area contributed by atoms with Gasteiger partial charge in [-0.15, -0.1) is 0 Å². The second-order valence-electron chi connectivity index (χ2n) is 10.7. The number of hydrogen-bond acceptors (Lipinski definition) is 18. The Labute approximate surface area is 274 Å². The summed E-state index contributed by atoms with van der Waals surface area (Å²) >= 11 is 0. The van der Waals surface area contributed by atoms with Gasteiger partial charge >= 0.3 is 17.9 Å². The Morgan fingerprint density at radius 1 is 1.10 bits per heavy atom. The summed E-state index contributed by atoms with van der Waals surface area (Å²) in [6, 6.07) is 4.24. The number of rotatable bonds is 14. The number of aliphatic hydroxyl groups excluding tert-OH is 7. The quantitative estimate of drug-likeness (QED) is 0.0724. The number of nitrogens with two attached hydrogens (primary N) is 1. The van der Waals surface area contributed by atoms with Crippen LogP contribution in [0.4, 0.5) is 11.6 Å². The van der Waals surface area contributed by atoms with Crippen molar-refractivity contribution in [3.05, 3.63) is 63.8 Å². The third-order valence-corrected chi connectivity index (χ3v) is 7.21. The number of anilines is 2. The maximum absolute atomic E-state index is 12.8. The number of ether oxygens (including phenoxy) is 2. The lowest BCUT2D eigenvalue weighted by molar-refractivity contribution is -0.199. The van der Waals surface area contributed by atoms with Crippen molar-refractivity contribution < 1.29 is 64.7 Å². The summed E-state index contributed by atoms with van der Waals surface area (Å²) in [5.41, 5.74) is 6.03. The van der Waals surface area contributed by atoms with E-state index in [2.05, 4.69) is 30.6 Å². The standard InChI is InChI=1S/C28H33N7O14/c29-28-34-23-16(25(45)35-28)32-12(8-31-23)7-30-11-3-1-10(2-4-11)24(44)33-13(26(46)47)5-6-15(38)48-27-21(43)18(40)20(42)22(49-27)19(41)17(39)14(37)9-36/h1-4,8,13-14,17-20,22,30,36-37,39-43H,5-7,9H2,(H,33,44)(H,46,47)(H3,29,31,34,35,45)/t13?,14-,17-,18+,19-,20+,22+/m1/s1. The smallest absolute Gasteiger partial charge is 0.330 e. The van der Waals surface area contributed by atoms with Crippen LogP contribution in [-0.2, 0) is 25.6 Å². The van der Waals surface area contributed by atoms with Gasteiger partial charge in [0.25, 0.3) is 11.5 Å². The summed E-state index contributed by atoms with van der Waals surface area (Å²) in [6.45, 7) is -0.843. The summed E-state index contributed by atoms with van der Waals surface area (Å²) < 4.78 is 9.87. The average Bonchev–Trinajstić information content (AvgIpc) is 3.08. The normalized spacial score (nSPS) is 20.1. The topological polar surface area (TPSA) is 353 Å². The molecule has 1 aliphatic heterocycles. The Hall–Kier alpha value is -5.45. The molecule has 1 aliphatic rings. The Bertz CT molecular complexity index is 1770. The maximum atomic E-state index is 12.8. The second kappa shape index (κ2) is 15.6. The highest BCUT2D eigenvalue weighted by atomic mass is 16.7. The van der Waals surface area contributed by atoms with E-state index in [-0.39, 0.29) is 29.2 Å². The first-order chi connectivity index (χ1) is 23.2. The van der Waals surface area contributed by atoms with Crippen molar-refractivity contribution in [3.63, 3.8) is 0 Å². The van der Waals surface area contributed by atoms with Gasteiger partial charge < -0.3 is 66.7 Å². The molecule has 21 heteroatoms. The van der Waals surface area contributed by atoms with Gasteiger partial charge in [-0.1, -0.05) is 0 Å². The molecule has 0 radical (unpaired) electrons. The molecule has 13 N–H and O–H groups in total. The number of fused-ring (bicyclic) bond motifs is 1. The van der Waals surface area contributed by atoms with Crippen LogP contribution in [0.25, 0.3) is 11.2 Å². The van der Waals surface area contributed by atoms with Crippen LogP contribution in [0, 0.1) is 0 Å². The number of aliphatic hydroxyl groups is 7. The number of amides is 1. The van der Waals surface area contributed by atoms with Crippen LogP contribution < -0.4 is 21.9 Å². The van der Waals surface area contributed by atoms with Gasteiger partial charge in [0, 0.05) is 17.7 Å². The molecule has 264 valence electrons. The zero-order valence-electron chi connectivity index (χ0n) is 25.2. The molecule has 0 aliphatic carbocycles. The maximum Gasteiger partial charge on any atom is 0.330 e. The van der Waals surface area contributed by atoms with E-state index in [1.807, 2.05) is 0 Å². The van der Waals surface area contributed by atoms with Crippen molar-refractivity contribution in [1.82, 2.24) is 25.3 Å². The lowest BCUT2D eigenvalue weighted by Gasteiger charge is -2.37. The fourth-order valence-corrected chi connectivity index (χ4v) is 4.50. The summed E-state index contributed by atoms with van der Waals surface area (Å²) in [5.74, 6) is -5.85. The van der Waals surface area contributed by atoms with Crippen LogP contribution in [0.5, 0.6) is 0 Å². The highest BCUT2D eigenvalue weighted by Gasteiger charge is 2.46. The van der Waals surface area contributed by atoms with Crippen LogP contribution in [0.15, 0.2) is 47.0 Å². The minimum atomic E-state index is -2.17. The average molecular weight is 692 g/mol. The zero-order valence-corrected chi connectivity index (χ0v) is 25.2. The second-order valence-corrected chi connectivity index (χ2v) is 10.7. The van der Waals surface area contributed by atoms with E-state index in [1.165, 1.54) is 30.5 Å². The molecule has 0 fully saturated rings. The van der Waals surface area contributed by atoms with Gasteiger partial charge in [-0.05, 0) is 30.7 Å². The number of nitrogens with one attached hydrogen (secondary N) is 3. The SMILES string of the molecule is Nc1nc2ncc(CNc3ccc(C(=O)NC(CCC(=O)OC4=C(O)[C@@H](O)[C@H](O)[C@H]([C@H](O)[C@H](O)[C@H](O)CO)O4)C(=O)O)cc3)nc2c(=O)[nH]1. The molecule has 21 nitrogen and oxygen atoms in total. The van der Waals surface area contributed by atoms with E-state index < -0.39 is 97.2 Å². The van der Waals surface area contributed by atoms with Crippen molar-refractivity contribution in [2.24, 2.45) is 0 Å². The van der Waals surface area contributed by atoms with Crippen LogP contribution in [0.2, 0.25) is 0 Å². The number of aliphatic carboxylic acids is 1. The van der Waals surface area contributed by atoms with Gasteiger partial charge in [-0.25, -0.2) is 14.8 Å². The molecule has 3 heterocycles. The molecular weight excluding hydrogens is 658 g/mol. The Morgan fingerprint density at radius 3 is 2.45 bits per heavy atom. The molecule has 2 aromatic heterocycles. The molecule has 7 atom stereocenters. The number of H-pyrrole nitrogens is 1. The highest BCUT2D eigenvalue weighted by Crippen LogP contribution is 2.28. The fourth-order valence-electron chi connectivity index (χ4n) is 4.50. The molecule has 1 unspecified atom stereocenters. The van der Waals surface area contributed by atoms with Gasteiger partial charge in [-0.3, -0.25) is 19.4 Å². The van der Waals surface area contributed by atoms with Crippen molar-refractivity contribution in [2.45, 2.75) is 62.1 Å². The molecule has 0 saturated heterocycles. The number of aromatic nitrogens is 4. The number of carbonyl (C=O) groups is 3. The molecule has 49 heavy (non-hydrogen) atoms. The monoisotopic (exact) mass is 691 g/mol. The number of aromatic amines is 1. The number of carboxylic acid groups (broad SMARTS) is 1. The number of hydrogen-bond donors (Lipinski definition) is 12. The Kier molecular flexibility index (Phi) is 11.6. The number of carbonyl (C=O) groups excluding carboxylic acids is 2. The Balaban J connectivity index is 1.31. The van der Waals surface area contributed by atoms with E-state index >= 15 is 0 Å². The third kappa shape index (κ3) is 8.72. The Morgan fingerprint density at radius 2 is 1.80 bits per heavy atom. The van der Waals surface area contributed by atoms with E-state index in [0.29, 0.717) is 11.4 Å². The van der Waals surface area contributed by atoms with Gasteiger partial charge in [0.2, 0.25) is 11.7 Å². The van der Waals surface area contributed by atoms with Gasteiger partial charge in [0.15, 0.2) is 17.3 Å². The molecule has 1 amide bonds. The first-order valence-corrected chi connectivity index (χ1v) is 14.4.